The van der Waals surface area contributed by atoms with Crippen LogP contribution in [0.3, 0.4) is 0 Å². The number of nitrogens with two attached hydrogens (primary N) is 1. The summed E-state index contributed by atoms with van der Waals surface area (Å²) in [6, 6.07) is -0.225. The summed E-state index contributed by atoms with van der Waals surface area (Å²) >= 11 is 0. The van der Waals surface area contributed by atoms with Crippen molar-refractivity contribution in [1.29, 1.82) is 0 Å². The van der Waals surface area contributed by atoms with Crippen molar-refractivity contribution in [3.63, 3.8) is 0 Å². The number of hydrogen-bond acceptors (Lipinski definition) is 2. The summed E-state index contributed by atoms with van der Waals surface area (Å²) in [5, 5.41) is 0. The lowest BCUT2D eigenvalue weighted by atomic mass is 9.88. The molecule has 2 heteroatoms. The van der Waals surface area contributed by atoms with E-state index in [2.05, 4.69) is 27.7 Å². The lowest BCUT2D eigenvalue weighted by Crippen LogP contribution is -2.30. The van der Waals surface area contributed by atoms with Crippen LogP contribution in [0.2, 0.25) is 0 Å². The maximum Gasteiger partial charge on any atom is 0.149 e. The molecule has 0 fully saturated rings. The molecule has 0 saturated heterocycles. The van der Waals surface area contributed by atoms with Crippen LogP contribution in [-0.4, -0.2) is 11.8 Å². The molecule has 1 atom stereocenters. The van der Waals surface area contributed by atoms with Crippen LogP contribution in [0.1, 0.15) is 59.8 Å². The van der Waals surface area contributed by atoms with Crippen molar-refractivity contribution in [3.05, 3.63) is 0 Å². The predicted octanol–water partition coefficient (Wildman–Crippen LogP) is 2.90. The van der Waals surface area contributed by atoms with E-state index in [0.717, 1.165) is 25.7 Å². The first kappa shape index (κ1) is 13.6. The Morgan fingerprint density at radius 1 is 1.36 bits per heavy atom. The first-order valence-corrected chi connectivity index (χ1v) is 5.65. The van der Waals surface area contributed by atoms with Crippen LogP contribution in [0.15, 0.2) is 0 Å². The van der Waals surface area contributed by atoms with Crippen LogP contribution in [-0.2, 0) is 4.79 Å². The van der Waals surface area contributed by atoms with E-state index in [1.54, 1.807) is 0 Å². The molecule has 84 valence electrons. The van der Waals surface area contributed by atoms with Crippen molar-refractivity contribution in [2.75, 3.05) is 0 Å². The van der Waals surface area contributed by atoms with Gasteiger partial charge in [0.05, 0.1) is 6.04 Å². The summed E-state index contributed by atoms with van der Waals surface area (Å²) in [6.07, 6.45) is 4.59. The van der Waals surface area contributed by atoms with Gasteiger partial charge in [0.1, 0.15) is 5.78 Å². The zero-order valence-corrected chi connectivity index (χ0v) is 10.1. The SMILES string of the molecule is CCCCC(N)C(=O)CCC(C)(C)C. The fourth-order valence-electron chi connectivity index (χ4n) is 1.27. The van der Waals surface area contributed by atoms with Crippen LogP contribution in [0, 0.1) is 5.41 Å². The smallest absolute Gasteiger partial charge is 0.149 e. The van der Waals surface area contributed by atoms with Crippen LogP contribution >= 0.6 is 0 Å². The summed E-state index contributed by atoms with van der Waals surface area (Å²) in [7, 11) is 0. The lowest BCUT2D eigenvalue weighted by molar-refractivity contribution is -0.120. The van der Waals surface area contributed by atoms with Gasteiger partial charge in [-0.05, 0) is 18.3 Å². The second kappa shape index (κ2) is 6.18. The Morgan fingerprint density at radius 3 is 2.36 bits per heavy atom. The molecule has 0 aromatic rings. The minimum Gasteiger partial charge on any atom is -0.322 e. The third kappa shape index (κ3) is 7.07. The van der Waals surface area contributed by atoms with Gasteiger partial charge in [0.25, 0.3) is 0 Å². The van der Waals surface area contributed by atoms with Gasteiger partial charge in [0.2, 0.25) is 0 Å². The van der Waals surface area contributed by atoms with E-state index in [9.17, 15) is 4.79 Å². The summed E-state index contributed by atoms with van der Waals surface area (Å²) in [5.41, 5.74) is 6.02. The van der Waals surface area contributed by atoms with Gasteiger partial charge in [0.15, 0.2) is 0 Å². The average molecular weight is 199 g/mol. The average Bonchev–Trinajstić information content (AvgIpc) is 2.09. The van der Waals surface area contributed by atoms with Gasteiger partial charge in [0, 0.05) is 6.42 Å². The van der Waals surface area contributed by atoms with Crippen molar-refractivity contribution >= 4 is 5.78 Å². The fourth-order valence-corrected chi connectivity index (χ4v) is 1.27. The molecule has 0 aromatic carbocycles. The van der Waals surface area contributed by atoms with Crippen molar-refractivity contribution < 1.29 is 4.79 Å². The van der Waals surface area contributed by atoms with Gasteiger partial charge < -0.3 is 5.73 Å². The maximum absolute atomic E-state index is 11.6. The van der Waals surface area contributed by atoms with Crippen LogP contribution < -0.4 is 5.73 Å². The van der Waals surface area contributed by atoms with Crippen molar-refractivity contribution in [2.24, 2.45) is 11.1 Å². The first-order chi connectivity index (χ1) is 6.37. The van der Waals surface area contributed by atoms with E-state index < -0.39 is 0 Å². The first-order valence-electron chi connectivity index (χ1n) is 5.65. The third-order valence-corrected chi connectivity index (χ3v) is 2.40. The predicted molar refractivity (Wildman–Crippen MR) is 61.2 cm³/mol. The zero-order chi connectivity index (χ0) is 11.2. The molecule has 0 aromatic heterocycles. The lowest BCUT2D eigenvalue weighted by Gasteiger charge is -2.18. The maximum atomic E-state index is 11.6. The molecular formula is C12H25NO. The molecule has 0 aliphatic heterocycles. The van der Waals surface area contributed by atoms with Crippen LogP contribution in [0.25, 0.3) is 0 Å². The Hall–Kier alpha value is -0.370. The van der Waals surface area contributed by atoms with Gasteiger partial charge in [-0.3, -0.25) is 4.79 Å². The molecule has 2 nitrogen and oxygen atoms in total. The molecule has 0 heterocycles. The largest absolute Gasteiger partial charge is 0.322 e. The van der Waals surface area contributed by atoms with Crippen molar-refractivity contribution in [2.45, 2.75) is 65.8 Å². The Morgan fingerprint density at radius 2 is 1.93 bits per heavy atom. The standard InChI is InChI=1S/C12H25NO/c1-5-6-7-10(13)11(14)8-9-12(2,3)4/h10H,5-9,13H2,1-4H3. The molecule has 0 aliphatic carbocycles. The normalized spacial score (nSPS) is 14.1. The van der Waals surface area contributed by atoms with Crippen LogP contribution in [0.5, 0.6) is 0 Å². The number of Topliss-reactive ketones (excluding diaryl/α,β-unsaturated/α-hetero) is 1. The summed E-state index contributed by atoms with van der Waals surface area (Å²) in [4.78, 5) is 11.6. The molecule has 0 aliphatic rings. The minimum absolute atomic E-state index is 0.225. The summed E-state index contributed by atoms with van der Waals surface area (Å²) in [5.74, 6) is 0.230. The molecule has 0 rings (SSSR count). The highest BCUT2D eigenvalue weighted by Gasteiger charge is 2.17. The molecule has 0 radical (unpaired) electrons. The molecule has 0 bridgehead atoms. The molecule has 0 amide bonds. The van der Waals surface area contributed by atoms with E-state index in [4.69, 9.17) is 5.73 Å². The van der Waals surface area contributed by atoms with E-state index in [1.165, 1.54) is 0 Å². The number of rotatable bonds is 6. The Bertz CT molecular complexity index is 170. The summed E-state index contributed by atoms with van der Waals surface area (Å²) < 4.78 is 0. The van der Waals surface area contributed by atoms with E-state index in [1.807, 2.05) is 0 Å². The minimum atomic E-state index is -0.225. The van der Waals surface area contributed by atoms with Gasteiger partial charge in [-0.1, -0.05) is 40.5 Å². The Labute approximate surface area is 88.3 Å². The zero-order valence-electron chi connectivity index (χ0n) is 10.1. The second-order valence-electron chi connectivity index (χ2n) is 5.28. The fraction of sp³-hybridized carbons (Fsp3) is 0.917. The number of carbonyl (C=O) groups excluding carboxylic acids is 1. The highest BCUT2D eigenvalue weighted by atomic mass is 16.1. The molecule has 0 spiro atoms. The highest BCUT2D eigenvalue weighted by molar-refractivity contribution is 5.83. The monoisotopic (exact) mass is 199 g/mol. The molecule has 2 N–H and O–H groups in total. The van der Waals surface area contributed by atoms with E-state index >= 15 is 0 Å². The van der Waals surface area contributed by atoms with Gasteiger partial charge in [-0.15, -0.1) is 0 Å². The van der Waals surface area contributed by atoms with Crippen molar-refractivity contribution in [1.82, 2.24) is 0 Å². The molecular weight excluding hydrogens is 174 g/mol. The number of ketones is 1. The molecule has 14 heavy (non-hydrogen) atoms. The van der Waals surface area contributed by atoms with Gasteiger partial charge in [-0.25, -0.2) is 0 Å². The van der Waals surface area contributed by atoms with Crippen molar-refractivity contribution in [3.8, 4) is 0 Å². The number of carbonyl (C=O) groups is 1. The summed E-state index contributed by atoms with van der Waals surface area (Å²) in [6.45, 7) is 8.57. The van der Waals surface area contributed by atoms with E-state index in [0.29, 0.717) is 6.42 Å². The number of unbranched alkanes of at least 4 members (excludes halogenated alkanes) is 1. The Balaban J connectivity index is 3.73. The van der Waals surface area contributed by atoms with E-state index in [-0.39, 0.29) is 17.2 Å². The third-order valence-electron chi connectivity index (χ3n) is 2.40. The van der Waals surface area contributed by atoms with Gasteiger partial charge >= 0.3 is 0 Å². The number of hydrogen-bond donors (Lipinski definition) is 1. The molecule has 1 unspecified atom stereocenters. The molecule has 0 saturated carbocycles. The second-order valence-corrected chi connectivity index (χ2v) is 5.28. The van der Waals surface area contributed by atoms with Crippen LogP contribution in [0.4, 0.5) is 0 Å². The highest BCUT2D eigenvalue weighted by Crippen LogP contribution is 2.21. The topological polar surface area (TPSA) is 43.1 Å². The Kier molecular flexibility index (Phi) is 6.01. The quantitative estimate of drug-likeness (QED) is 0.714. The van der Waals surface area contributed by atoms with Gasteiger partial charge in [-0.2, -0.15) is 0 Å².